The molecule has 0 saturated carbocycles. The first-order chi connectivity index (χ1) is 12.6. The lowest BCUT2D eigenvalue weighted by Gasteiger charge is -2.00. The van der Waals surface area contributed by atoms with Gasteiger partial charge < -0.3 is 9.15 Å². The maximum Gasteiger partial charge on any atom is 0.293 e. The minimum absolute atomic E-state index is 0.212. The third-order valence-corrected chi connectivity index (χ3v) is 4.81. The fraction of sp³-hybridized carbons (Fsp3) is 0.0526. The summed E-state index contributed by atoms with van der Waals surface area (Å²) >= 11 is 7.31. The van der Waals surface area contributed by atoms with E-state index in [1.165, 1.54) is 11.3 Å². The maximum absolute atomic E-state index is 12.4. The number of amides is 1. The number of hydrogen-bond donors (Lipinski definition) is 1. The highest BCUT2D eigenvalue weighted by molar-refractivity contribution is 7.14. The molecule has 130 valence electrons. The molecule has 4 rings (SSSR count). The van der Waals surface area contributed by atoms with Gasteiger partial charge in [-0.3, -0.25) is 10.1 Å². The zero-order valence-electron chi connectivity index (χ0n) is 13.7. The summed E-state index contributed by atoms with van der Waals surface area (Å²) in [4.78, 5) is 16.9. The molecule has 4 aromatic rings. The third kappa shape index (κ3) is 3.29. The minimum atomic E-state index is -0.354. The van der Waals surface area contributed by atoms with Crippen molar-refractivity contribution in [1.82, 2.24) is 4.98 Å². The van der Waals surface area contributed by atoms with Crippen molar-refractivity contribution in [3.05, 3.63) is 64.7 Å². The Kier molecular flexibility index (Phi) is 4.36. The molecule has 2 aromatic heterocycles. The lowest BCUT2D eigenvalue weighted by Crippen LogP contribution is -2.10. The van der Waals surface area contributed by atoms with E-state index in [0.717, 1.165) is 22.4 Å². The summed E-state index contributed by atoms with van der Waals surface area (Å²) in [7, 11) is 1.62. The van der Waals surface area contributed by atoms with Crippen molar-refractivity contribution >= 4 is 44.9 Å². The Labute approximate surface area is 158 Å². The van der Waals surface area contributed by atoms with Crippen LogP contribution in [0.2, 0.25) is 5.02 Å². The topological polar surface area (TPSA) is 64.4 Å². The van der Waals surface area contributed by atoms with Crippen molar-refractivity contribution in [3.63, 3.8) is 0 Å². The van der Waals surface area contributed by atoms with Gasteiger partial charge >= 0.3 is 0 Å². The Bertz CT molecular complexity index is 1090. The normalized spacial score (nSPS) is 10.8. The second-order valence-electron chi connectivity index (χ2n) is 5.51. The molecule has 7 heteroatoms. The molecule has 0 aliphatic carbocycles. The Morgan fingerprint density at radius 3 is 2.77 bits per heavy atom. The molecule has 0 radical (unpaired) electrons. The first kappa shape index (κ1) is 16.6. The molecule has 2 aromatic carbocycles. The molecule has 0 bridgehead atoms. The third-order valence-electron chi connectivity index (χ3n) is 3.81. The predicted octanol–water partition coefficient (Wildman–Crippen LogP) is 5.47. The van der Waals surface area contributed by atoms with Gasteiger partial charge in [0.1, 0.15) is 11.3 Å². The van der Waals surface area contributed by atoms with Crippen LogP contribution in [0.25, 0.3) is 22.2 Å². The first-order valence-electron chi connectivity index (χ1n) is 7.73. The van der Waals surface area contributed by atoms with Crippen molar-refractivity contribution in [3.8, 4) is 17.0 Å². The number of nitrogens with zero attached hydrogens (tertiary/aromatic N) is 1. The van der Waals surface area contributed by atoms with Gasteiger partial charge in [-0.25, -0.2) is 4.98 Å². The molecule has 0 aliphatic rings. The average molecular weight is 385 g/mol. The summed E-state index contributed by atoms with van der Waals surface area (Å²) in [6.45, 7) is 0. The first-order valence-corrected chi connectivity index (χ1v) is 8.98. The molecule has 1 N–H and O–H groups in total. The van der Waals surface area contributed by atoms with Crippen LogP contribution in [0.4, 0.5) is 5.13 Å². The van der Waals surface area contributed by atoms with E-state index < -0.39 is 0 Å². The Morgan fingerprint density at radius 1 is 1.19 bits per heavy atom. The van der Waals surface area contributed by atoms with Gasteiger partial charge in [0.05, 0.1) is 12.8 Å². The number of fused-ring (bicyclic) bond motifs is 1. The highest BCUT2D eigenvalue weighted by Gasteiger charge is 2.15. The molecule has 0 fully saturated rings. The Hall–Kier alpha value is -2.83. The lowest BCUT2D eigenvalue weighted by atomic mass is 10.2. The number of furan rings is 1. The highest BCUT2D eigenvalue weighted by atomic mass is 35.5. The van der Waals surface area contributed by atoms with E-state index in [1.54, 1.807) is 31.4 Å². The number of thiazole rings is 1. The van der Waals surface area contributed by atoms with Crippen molar-refractivity contribution in [2.24, 2.45) is 0 Å². The van der Waals surface area contributed by atoms with Crippen LogP contribution in [0.5, 0.6) is 5.75 Å². The van der Waals surface area contributed by atoms with Crippen LogP contribution in [0, 0.1) is 0 Å². The van der Waals surface area contributed by atoms with E-state index in [9.17, 15) is 4.79 Å². The summed E-state index contributed by atoms with van der Waals surface area (Å²) < 4.78 is 10.7. The van der Waals surface area contributed by atoms with Gasteiger partial charge in [-0.05, 0) is 48.5 Å². The van der Waals surface area contributed by atoms with Crippen molar-refractivity contribution in [1.29, 1.82) is 0 Å². The number of ether oxygens (including phenoxy) is 1. The van der Waals surface area contributed by atoms with Crippen LogP contribution in [-0.4, -0.2) is 18.0 Å². The molecule has 2 heterocycles. The van der Waals surface area contributed by atoms with E-state index in [0.29, 0.717) is 15.7 Å². The fourth-order valence-electron chi connectivity index (χ4n) is 2.51. The monoisotopic (exact) mass is 384 g/mol. The number of carbonyl (C=O) groups is 1. The molecule has 26 heavy (non-hydrogen) atoms. The summed E-state index contributed by atoms with van der Waals surface area (Å²) in [5, 5.41) is 6.52. The van der Waals surface area contributed by atoms with Crippen molar-refractivity contribution < 1.29 is 13.9 Å². The van der Waals surface area contributed by atoms with Gasteiger partial charge in [-0.2, -0.15) is 0 Å². The smallest absolute Gasteiger partial charge is 0.293 e. The van der Waals surface area contributed by atoms with Gasteiger partial charge in [0, 0.05) is 21.4 Å². The quantitative estimate of drug-likeness (QED) is 0.506. The van der Waals surface area contributed by atoms with Crippen LogP contribution in [-0.2, 0) is 0 Å². The lowest BCUT2D eigenvalue weighted by molar-refractivity contribution is 0.0998. The highest BCUT2D eigenvalue weighted by Crippen LogP contribution is 2.28. The standard InChI is InChI=1S/C19H13ClN2O3S/c1-24-14-5-2-11(3-6-14)15-10-26-19(21-15)22-18(23)17-9-12-8-13(20)4-7-16(12)25-17/h2-10H,1H3,(H,21,22,23). The number of benzene rings is 2. The number of nitrogens with one attached hydrogen (secondary N) is 1. The Balaban J connectivity index is 1.53. The maximum atomic E-state index is 12.4. The summed E-state index contributed by atoms with van der Waals surface area (Å²) in [6.07, 6.45) is 0. The van der Waals surface area contributed by atoms with Crippen molar-refractivity contribution in [2.75, 3.05) is 12.4 Å². The van der Waals surface area contributed by atoms with E-state index in [4.69, 9.17) is 20.8 Å². The summed E-state index contributed by atoms with van der Waals surface area (Å²) in [6, 6.07) is 14.4. The Morgan fingerprint density at radius 2 is 2.00 bits per heavy atom. The van der Waals surface area contributed by atoms with Crippen LogP contribution >= 0.6 is 22.9 Å². The summed E-state index contributed by atoms with van der Waals surface area (Å²) in [5.41, 5.74) is 2.34. The number of carbonyl (C=O) groups excluding carboxylic acids is 1. The number of aromatic nitrogens is 1. The number of rotatable bonds is 4. The SMILES string of the molecule is COc1ccc(-c2csc(NC(=O)c3cc4cc(Cl)ccc4o3)n2)cc1. The number of hydrogen-bond acceptors (Lipinski definition) is 5. The van der Waals surface area contributed by atoms with Crippen LogP contribution in [0.1, 0.15) is 10.6 Å². The minimum Gasteiger partial charge on any atom is -0.497 e. The molecule has 0 spiro atoms. The zero-order valence-corrected chi connectivity index (χ0v) is 15.2. The largest absolute Gasteiger partial charge is 0.497 e. The second-order valence-corrected chi connectivity index (χ2v) is 6.81. The second kappa shape index (κ2) is 6.82. The van der Waals surface area contributed by atoms with Gasteiger partial charge in [0.25, 0.3) is 5.91 Å². The molecular weight excluding hydrogens is 372 g/mol. The average Bonchev–Trinajstić information content (AvgIpc) is 3.28. The van der Waals surface area contributed by atoms with Gasteiger partial charge in [0.15, 0.2) is 10.9 Å². The van der Waals surface area contributed by atoms with Crippen LogP contribution < -0.4 is 10.1 Å². The van der Waals surface area contributed by atoms with Gasteiger partial charge in [-0.15, -0.1) is 11.3 Å². The number of methoxy groups -OCH3 is 1. The van der Waals surface area contributed by atoms with E-state index >= 15 is 0 Å². The molecular formula is C19H13ClN2O3S. The number of anilines is 1. The predicted molar refractivity (Wildman–Crippen MR) is 103 cm³/mol. The number of halogens is 1. The van der Waals surface area contributed by atoms with Crippen LogP contribution in [0.15, 0.2) is 58.3 Å². The van der Waals surface area contributed by atoms with E-state index in [-0.39, 0.29) is 11.7 Å². The summed E-state index contributed by atoms with van der Waals surface area (Å²) in [5.74, 6) is 0.638. The molecule has 1 amide bonds. The van der Waals surface area contributed by atoms with E-state index in [2.05, 4.69) is 10.3 Å². The van der Waals surface area contributed by atoms with Gasteiger partial charge in [0.2, 0.25) is 0 Å². The molecule has 0 aliphatic heterocycles. The van der Waals surface area contributed by atoms with Crippen LogP contribution in [0.3, 0.4) is 0 Å². The fourth-order valence-corrected chi connectivity index (χ4v) is 3.41. The zero-order chi connectivity index (χ0) is 18.1. The molecule has 5 nitrogen and oxygen atoms in total. The van der Waals surface area contributed by atoms with E-state index in [1.807, 2.05) is 29.6 Å². The van der Waals surface area contributed by atoms with Gasteiger partial charge in [-0.1, -0.05) is 11.6 Å². The van der Waals surface area contributed by atoms with Crippen molar-refractivity contribution in [2.45, 2.75) is 0 Å². The molecule has 0 unspecified atom stereocenters. The molecule has 0 saturated heterocycles. The molecule has 0 atom stereocenters.